The monoisotopic (exact) mass is 353 g/mol. The summed E-state index contributed by atoms with van der Waals surface area (Å²) in [7, 11) is 0. The average molecular weight is 353 g/mol. The number of carbonyl (C=O) groups is 2. The molecule has 0 radical (unpaired) electrons. The van der Waals surface area contributed by atoms with E-state index in [-0.39, 0.29) is 11.8 Å². The number of thioether (sulfide) groups is 1. The molecule has 4 rings (SSSR count). The number of hydrogen-bond acceptors (Lipinski definition) is 4. The van der Waals surface area contributed by atoms with Gasteiger partial charge in [-0.15, -0.1) is 6.58 Å². The van der Waals surface area contributed by atoms with Crippen molar-refractivity contribution in [2.45, 2.75) is 19.3 Å². The Bertz CT molecular complexity index is 822. The molecule has 2 amide bonds. The van der Waals surface area contributed by atoms with E-state index in [1.165, 1.54) is 18.2 Å². The fourth-order valence-electron chi connectivity index (χ4n) is 3.48. The van der Waals surface area contributed by atoms with Crippen LogP contribution in [0.15, 0.2) is 46.8 Å². The van der Waals surface area contributed by atoms with E-state index >= 15 is 0 Å². The number of benzene rings is 1. The number of nitrogens with zero attached hydrogens (tertiary/aromatic N) is 3. The number of hydrogen-bond donors (Lipinski definition) is 0. The van der Waals surface area contributed by atoms with Crippen LogP contribution in [-0.4, -0.2) is 41.5 Å². The van der Waals surface area contributed by atoms with Crippen LogP contribution >= 0.6 is 11.8 Å². The molecule has 1 aromatic carbocycles. The molecule has 0 aromatic heterocycles. The lowest BCUT2D eigenvalue weighted by Crippen LogP contribution is -2.33. The second-order valence-corrected chi connectivity index (χ2v) is 7.25. The molecule has 1 fully saturated rings. The summed E-state index contributed by atoms with van der Waals surface area (Å²) in [6, 6.07) is 7.59. The Morgan fingerprint density at radius 3 is 2.68 bits per heavy atom. The van der Waals surface area contributed by atoms with Crippen LogP contribution in [0.3, 0.4) is 0 Å². The highest BCUT2D eigenvalue weighted by Gasteiger charge is 2.39. The molecule has 3 heterocycles. The third-order valence-corrected chi connectivity index (χ3v) is 5.79. The van der Waals surface area contributed by atoms with E-state index in [0.717, 1.165) is 42.3 Å². The molecule has 0 atom stereocenters. The molecule has 1 aromatic rings. The molecule has 0 bridgehead atoms. The van der Waals surface area contributed by atoms with Crippen LogP contribution in [0.1, 0.15) is 24.8 Å². The Labute approximate surface area is 151 Å². The van der Waals surface area contributed by atoms with E-state index in [4.69, 9.17) is 0 Å². The molecule has 0 saturated carbocycles. The first-order valence-corrected chi connectivity index (χ1v) is 9.34. The first-order valence-electron chi connectivity index (χ1n) is 8.53. The maximum Gasteiger partial charge on any atom is 0.287 e. The molecule has 0 spiro atoms. The number of para-hydroxylation sites is 1. The van der Waals surface area contributed by atoms with Crippen LogP contribution in [0.25, 0.3) is 5.57 Å². The van der Waals surface area contributed by atoms with Crippen LogP contribution in [0.5, 0.6) is 0 Å². The van der Waals surface area contributed by atoms with E-state index in [9.17, 15) is 9.59 Å². The number of piperidine rings is 1. The number of fused-ring (bicyclic) bond motifs is 1. The summed E-state index contributed by atoms with van der Waals surface area (Å²) in [5.74, 6) is -0.448. The van der Waals surface area contributed by atoms with Gasteiger partial charge in [0.25, 0.3) is 11.8 Å². The first kappa shape index (κ1) is 16.1. The molecular weight excluding hydrogens is 334 g/mol. The smallest absolute Gasteiger partial charge is 0.287 e. The van der Waals surface area contributed by atoms with Gasteiger partial charge in [0.2, 0.25) is 0 Å². The second kappa shape index (κ2) is 6.52. The lowest BCUT2D eigenvalue weighted by Gasteiger charge is -2.27. The summed E-state index contributed by atoms with van der Waals surface area (Å²) < 4.78 is 0. The summed E-state index contributed by atoms with van der Waals surface area (Å²) in [5, 5.41) is 0.736. The Hall–Kier alpha value is -2.34. The third kappa shape index (κ3) is 2.70. The van der Waals surface area contributed by atoms with Gasteiger partial charge >= 0.3 is 0 Å². The number of amides is 2. The SMILES string of the molecule is C=CCN1C(=O)/C(=C2\SC(N3CCCCC3)=NC2=O)c2ccccc21. The number of aliphatic imine (C=N–C) groups is 1. The quantitative estimate of drug-likeness (QED) is 0.606. The molecule has 25 heavy (non-hydrogen) atoms. The Morgan fingerprint density at radius 1 is 1.16 bits per heavy atom. The van der Waals surface area contributed by atoms with Gasteiger partial charge in [-0.3, -0.25) is 9.59 Å². The van der Waals surface area contributed by atoms with E-state index in [0.29, 0.717) is 17.0 Å². The van der Waals surface area contributed by atoms with Gasteiger partial charge < -0.3 is 9.80 Å². The highest BCUT2D eigenvalue weighted by Crippen LogP contribution is 2.43. The molecule has 3 aliphatic rings. The standard InChI is InChI=1S/C19H19N3O2S/c1-2-10-22-14-9-5-4-8-13(14)15(18(22)24)16-17(23)20-19(25-16)21-11-6-3-7-12-21/h2,4-5,8-9H,1,3,6-7,10-12H2/b16-15-. The highest BCUT2D eigenvalue weighted by molar-refractivity contribution is 8.18. The number of carbonyl (C=O) groups excluding carboxylic acids is 2. The Kier molecular flexibility index (Phi) is 4.21. The van der Waals surface area contributed by atoms with Gasteiger partial charge in [-0.2, -0.15) is 4.99 Å². The maximum absolute atomic E-state index is 13.0. The minimum absolute atomic E-state index is 0.146. The molecule has 0 aliphatic carbocycles. The molecule has 128 valence electrons. The summed E-state index contributed by atoms with van der Waals surface area (Å²) in [4.78, 5) is 34.0. The molecule has 0 unspecified atom stereocenters. The molecule has 0 N–H and O–H groups in total. The van der Waals surface area contributed by atoms with E-state index in [2.05, 4.69) is 16.5 Å². The predicted molar refractivity (Wildman–Crippen MR) is 101 cm³/mol. The second-order valence-electron chi connectivity index (χ2n) is 6.28. The number of likely N-dealkylation sites (tertiary alicyclic amines) is 1. The maximum atomic E-state index is 13.0. The molecule has 6 heteroatoms. The summed E-state index contributed by atoms with van der Waals surface area (Å²) >= 11 is 1.34. The van der Waals surface area contributed by atoms with Crippen molar-refractivity contribution in [2.75, 3.05) is 24.5 Å². The lowest BCUT2D eigenvalue weighted by atomic mass is 10.1. The zero-order chi connectivity index (χ0) is 17.4. The van der Waals surface area contributed by atoms with Gasteiger partial charge in [0.1, 0.15) is 0 Å². The predicted octanol–water partition coefficient (Wildman–Crippen LogP) is 3.05. The van der Waals surface area contributed by atoms with Crippen molar-refractivity contribution in [3.63, 3.8) is 0 Å². The minimum Gasteiger partial charge on any atom is -0.351 e. The lowest BCUT2D eigenvalue weighted by molar-refractivity contribution is -0.115. The van der Waals surface area contributed by atoms with Crippen LogP contribution in [0.2, 0.25) is 0 Å². The van der Waals surface area contributed by atoms with Gasteiger partial charge in [-0.1, -0.05) is 24.3 Å². The summed E-state index contributed by atoms with van der Waals surface area (Å²) in [6.45, 7) is 6.00. The van der Waals surface area contributed by atoms with E-state index < -0.39 is 0 Å². The summed E-state index contributed by atoms with van der Waals surface area (Å²) in [5.41, 5.74) is 2.11. The van der Waals surface area contributed by atoms with Gasteiger partial charge in [-0.05, 0) is 37.1 Å². The van der Waals surface area contributed by atoms with Crippen molar-refractivity contribution >= 4 is 40.0 Å². The number of amidine groups is 1. The normalized spacial score (nSPS) is 23.1. The minimum atomic E-state index is -0.302. The topological polar surface area (TPSA) is 53.0 Å². The fraction of sp³-hybridized carbons (Fsp3) is 0.316. The molecule has 1 saturated heterocycles. The first-order chi connectivity index (χ1) is 12.2. The van der Waals surface area contributed by atoms with E-state index in [1.807, 2.05) is 24.3 Å². The number of rotatable bonds is 2. The van der Waals surface area contributed by atoms with Crippen LogP contribution in [0.4, 0.5) is 5.69 Å². The molecule has 3 aliphatic heterocycles. The van der Waals surface area contributed by atoms with Gasteiger partial charge in [-0.25, -0.2) is 0 Å². The largest absolute Gasteiger partial charge is 0.351 e. The zero-order valence-corrected chi connectivity index (χ0v) is 14.7. The van der Waals surface area contributed by atoms with Gasteiger partial charge in [0.05, 0.1) is 16.2 Å². The van der Waals surface area contributed by atoms with Gasteiger partial charge in [0.15, 0.2) is 5.17 Å². The third-order valence-electron chi connectivity index (χ3n) is 4.67. The fourth-order valence-corrected chi connectivity index (χ4v) is 4.54. The average Bonchev–Trinajstić information content (AvgIpc) is 3.14. The molecule has 5 nitrogen and oxygen atoms in total. The highest BCUT2D eigenvalue weighted by atomic mass is 32.2. The van der Waals surface area contributed by atoms with Crippen molar-refractivity contribution in [1.82, 2.24) is 4.90 Å². The summed E-state index contributed by atoms with van der Waals surface area (Å²) in [6.07, 6.45) is 5.16. The number of anilines is 1. The molecular formula is C19H19N3O2S. The van der Waals surface area contributed by atoms with Crippen LogP contribution < -0.4 is 4.90 Å². The van der Waals surface area contributed by atoms with Crippen molar-refractivity contribution < 1.29 is 9.59 Å². The van der Waals surface area contributed by atoms with Crippen molar-refractivity contribution in [3.05, 3.63) is 47.4 Å². The van der Waals surface area contributed by atoms with Gasteiger partial charge in [0, 0.05) is 25.2 Å². The van der Waals surface area contributed by atoms with Crippen molar-refractivity contribution in [3.8, 4) is 0 Å². The zero-order valence-electron chi connectivity index (χ0n) is 13.9. The van der Waals surface area contributed by atoms with Crippen molar-refractivity contribution in [2.24, 2.45) is 4.99 Å². The van der Waals surface area contributed by atoms with Crippen molar-refractivity contribution in [1.29, 1.82) is 0 Å². The van der Waals surface area contributed by atoms with Crippen LogP contribution in [-0.2, 0) is 9.59 Å². The van der Waals surface area contributed by atoms with Crippen LogP contribution in [0, 0.1) is 0 Å². The van der Waals surface area contributed by atoms with E-state index in [1.54, 1.807) is 11.0 Å². The Balaban J connectivity index is 1.72. The Morgan fingerprint density at radius 2 is 1.92 bits per heavy atom.